The molecule has 11 rings (SSSR count). The number of hydrogen-bond acceptors (Lipinski definition) is 21. The van der Waals surface area contributed by atoms with Crippen LogP contribution >= 0.6 is 47.0 Å². The summed E-state index contributed by atoms with van der Waals surface area (Å²) in [5.41, 5.74) is -1.22. The van der Waals surface area contributed by atoms with Crippen molar-refractivity contribution in [3.63, 3.8) is 0 Å². The maximum Gasteiger partial charge on any atom is 0.330 e. The van der Waals surface area contributed by atoms with E-state index in [2.05, 4.69) is 56.3 Å². The smallest absolute Gasteiger partial charge is 0.330 e. The number of H-pyrrole nitrogens is 4. The first-order valence-electron chi connectivity index (χ1n) is 31.8. The number of aromatic amines is 4. The van der Waals surface area contributed by atoms with Gasteiger partial charge in [-0.2, -0.15) is 43.7 Å². The van der Waals surface area contributed by atoms with E-state index >= 15 is 0 Å². The molecule has 30 heteroatoms. The van der Waals surface area contributed by atoms with Gasteiger partial charge in [0.2, 0.25) is 0 Å². The molecular formula is C66H78N8O17S5. The van der Waals surface area contributed by atoms with Crippen LogP contribution in [0.1, 0.15) is 93.0 Å². The van der Waals surface area contributed by atoms with Crippen LogP contribution in [0.15, 0.2) is 166 Å². The zero-order valence-corrected chi connectivity index (χ0v) is 57.2. The minimum atomic E-state index is -3.71. The van der Waals surface area contributed by atoms with Gasteiger partial charge in [0.25, 0.3) is 32.4 Å². The second-order valence-electron chi connectivity index (χ2n) is 24.3. The second kappa shape index (κ2) is 32.2. The van der Waals surface area contributed by atoms with Gasteiger partial charge < -0.3 is 28.4 Å². The highest BCUT2D eigenvalue weighted by molar-refractivity contribution is 8.00. The average molecular weight is 1420 g/mol. The molecule has 3 aromatic carbocycles. The summed E-state index contributed by atoms with van der Waals surface area (Å²) in [6.45, 7) is -0.107. The van der Waals surface area contributed by atoms with E-state index in [1.54, 1.807) is 61.3 Å². The maximum absolute atomic E-state index is 13.4. The molecule has 0 spiro atoms. The van der Waals surface area contributed by atoms with Crippen LogP contribution in [-0.4, -0.2) is 138 Å². The molecule has 4 aromatic heterocycles. The first kappa shape index (κ1) is 70.4. The fourth-order valence-electron chi connectivity index (χ4n) is 13.3. The van der Waals surface area contributed by atoms with Crippen LogP contribution < -0.4 is 54.5 Å². The Morgan fingerprint density at radius 1 is 0.438 bits per heavy atom. The number of hydrogen-bond donors (Lipinski definition) is 4. The van der Waals surface area contributed by atoms with E-state index in [4.69, 9.17) is 32.6 Å². The highest BCUT2D eigenvalue weighted by atomic mass is 32.2. The third-order valence-electron chi connectivity index (χ3n) is 18.1. The van der Waals surface area contributed by atoms with Crippen molar-refractivity contribution in [1.82, 2.24) is 38.2 Å². The van der Waals surface area contributed by atoms with E-state index in [-0.39, 0.29) is 55.0 Å². The van der Waals surface area contributed by atoms with E-state index in [1.165, 1.54) is 67.3 Å². The molecule has 0 unspecified atom stereocenters. The summed E-state index contributed by atoms with van der Waals surface area (Å²) in [5.74, 6) is 5.92. The van der Waals surface area contributed by atoms with Gasteiger partial charge in [-0.1, -0.05) is 54.6 Å². The van der Waals surface area contributed by atoms with Crippen molar-refractivity contribution in [3.05, 3.63) is 228 Å². The summed E-state index contributed by atoms with van der Waals surface area (Å²) in [6.07, 6.45) is 7.03. The lowest BCUT2D eigenvalue weighted by Gasteiger charge is -2.37. The minimum absolute atomic E-state index is 0.00275. The van der Waals surface area contributed by atoms with Crippen molar-refractivity contribution < 1.29 is 41.0 Å². The monoisotopic (exact) mass is 1410 g/mol. The molecule has 7 aromatic rings. The molecular weight excluding hydrogens is 1340 g/mol. The van der Waals surface area contributed by atoms with Gasteiger partial charge in [0.05, 0.1) is 56.2 Å². The summed E-state index contributed by atoms with van der Waals surface area (Å²) in [4.78, 5) is 110. The van der Waals surface area contributed by atoms with E-state index in [1.807, 2.05) is 42.5 Å². The zero-order valence-electron chi connectivity index (χ0n) is 53.1. The van der Waals surface area contributed by atoms with Gasteiger partial charge in [-0.25, -0.2) is 19.2 Å². The lowest BCUT2D eigenvalue weighted by Crippen LogP contribution is -2.31. The number of ether oxygens (including phenoxy) is 6. The highest BCUT2D eigenvalue weighted by Gasteiger charge is 2.44. The molecule has 4 saturated heterocycles. The number of thioether (sulfide) groups is 4. The molecule has 4 aliphatic heterocycles. The van der Waals surface area contributed by atoms with Gasteiger partial charge >= 0.3 is 22.8 Å². The number of rotatable bonds is 31. The van der Waals surface area contributed by atoms with Crippen molar-refractivity contribution in [2.75, 3.05) is 67.4 Å². The molecule has 12 atom stereocenters. The molecule has 0 amide bonds. The zero-order chi connectivity index (χ0) is 67.5. The predicted molar refractivity (Wildman–Crippen MR) is 369 cm³/mol. The Hall–Kier alpha value is -6.87. The van der Waals surface area contributed by atoms with E-state index in [0.29, 0.717) is 85.2 Å². The van der Waals surface area contributed by atoms with Gasteiger partial charge in [0.15, 0.2) is 0 Å². The Bertz CT molecular complexity index is 4320. The van der Waals surface area contributed by atoms with Crippen molar-refractivity contribution in [2.45, 2.75) is 105 Å². The van der Waals surface area contributed by atoms with Crippen LogP contribution in [0.3, 0.4) is 0 Å². The predicted octanol–water partition coefficient (Wildman–Crippen LogP) is 6.28. The Balaban J connectivity index is 0.760. The summed E-state index contributed by atoms with van der Waals surface area (Å²) in [5, 5.41) is 0. The van der Waals surface area contributed by atoms with Gasteiger partial charge in [-0.3, -0.25) is 61.6 Å². The summed E-state index contributed by atoms with van der Waals surface area (Å²) >= 11 is 6.97. The lowest BCUT2D eigenvalue weighted by atomic mass is 9.84. The summed E-state index contributed by atoms with van der Waals surface area (Å²) < 4.78 is 71.4. The van der Waals surface area contributed by atoms with Crippen LogP contribution in [-0.2, 0) is 38.0 Å². The number of benzene rings is 3. The summed E-state index contributed by atoms with van der Waals surface area (Å²) in [6, 6.07) is 31.8. The van der Waals surface area contributed by atoms with Gasteiger partial charge in [0.1, 0.15) is 36.4 Å². The van der Waals surface area contributed by atoms with E-state index < -0.39 is 90.9 Å². The lowest BCUT2D eigenvalue weighted by molar-refractivity contribution is -0.0142. The Morgan fingerprint density at radius 2 is 0.750 bits per heavy atom. The average Bonchev–Trinajstić information content (AvgIpc) is 1.06. The van der Waals surface area contributed by atoms with Crippen molar-refractivity contribution in [1.29, 1.82) is 0 Å². The largest absolute Gasteiger partial charge is 0.497 e. The van der Waals surface area contributed by atoms with Crippen molar-refractivity contribution in [3.8, 4) is 11.5 Å². The quantitative estimate of drug-likeness (QED) is 0.0211. The second-order valence-corrected chi connectivity index (χ2v) is 30.6. The number of aromatic nitrogens is 8. The van der Waals surface area contributed by atoms with E-state index in [0.717, 1.165) is 34.4 Å². The van der Waals surface area contributed by atoms with Crippen molar-refractivity contribution >= 4 is 57.2 Å². The van der Waals surface area contributed by atoms with Gasteiger partial charge in [-0.05, 0) is 151 Å². The van der Waals surface area contributed by atoms with E-state index in [9.17, 15) is 46.8 Å². The van der Waals surface area contributed by atoms with Crippen molar-refractivity contribution in [2.24, 2.45) is 23.7 Å². The van der Waals surface area contributed by atoms with Gasteiger partial charge in [-0.15, -0.1) is 11.8 Å². The Morgan fingerprint density at radius 3 is 1.06 bits per heavy atom. The molecule has 4 N–H and O–H groups in total. The first-order chi connectivity index (χ1) is 46.3. The Labute approximate surface area is 568 Å². The minimum Gasteiger partial charge on any atom is -0.497 e. The molecule has 0 aliphatic carbocycles. The molecule has 96 heavy (non-hydrogen) atoms. The molecule has 514 valence electrons. The molecule has 0 saturated carbocycles. The van der Waals surface area contributed by atoms with Gasteiger partial charge in [0, 0.05) is 54.8 Å². The number of nitrogens with zero attached hydrogens (tertiary/aromatic N) is 4. The number of nitrogens with one attached hydrogen (secondary N) is 4. The maximum atomic E-state index is 13.4. The molecule has 8 heterocycles. The van der Waals surface area contributed by atoms with Crippen LogP contribution in [0.25, 0.3) is 0 Å². The van der Waals surface area contributed by atoms with Crippen LogP contribution in [0.5, 0.6) is 11.5 Å². The standard InChI is InChI=1S/C66H78N8O17S5/c1-85-48-13-9-46(10-14-48)66(45-7-5-4-6-8-45,47-11-15-49(86-2)16-12-47)95-40-44-36-61(74-28-20-57(78)70-65(74)82)91-53(44)24-32-94-39-43-35-60(73-27-19-56(77)69-64(73)81)90-52(43)23-31-93-38-42-34-59(72-26-18-55(76)68-63(72)80)89-51(42)22-30-92-37-41-33-58(71-25-17-54(75)67-62(71)79)88-50(41)21-29-87-96(3,83)84/h4-20,25-28,41-44,50-53,58-61H,21-24,29-40H2,1-3H3,(H,67,75,79)(H,68,76,80)(H,69,77,81)(H,70,78,82)/t41-,42-,43-,44-,50-,51-,52-,53-,58-,59-,60-,61-/m1/s1. The fourth-order valence-corrected chi connectivity index (χ4v) is 19.1. The topological polar surface area (TPSA) is 318 Å². The highest BCUT2D eigenvalue weighted by Crippen LogP contribution is 2.52. The summed E-state index contributed by atoms with van der Waals surface area (Å²) in [7, 11) is -0.419. The van der Waals surface area contributed by atoms with Crippen LogP contribution in [0.2, 0.25) is 0 Å². The van der Waals surface area contributed by atoms with Crippen LogP contribution in [0, 0.1) is 23.7 Å². The normalized spacial score (nSPS) is 24.4. The molecule has 0 bridgehead atoms. The first-order valence-corrected chi connectivity index (χ1v) is 38.0. The third-order valence-corrected chi connectivity index (χ3v) is 24.0. The molecule has 0 radical (unpaired) electrons. The molecule has 25 nitrogen and oxygen atoms in total. The third kappa shape index (κ3) is 17.3. The number of methoxy groups -OCH3 is 2. The fraction of sp³-hybridized carbons (Fsp3) is 0.485. The molecule has 4 fully saturated rings. The SMILES string of the molecule is COc1ccc(C(SC[C@H]2C[C@H](n3ccc(=O)[nH]c3=O)O[C@@H]2CCSC[C@H]2C[C@H](n3ccc(=O)[nH]c3=O)O[C@@H]2CCSC[C@H]2C[C@H](n3ccc(=O)[nH]c3=O)O[C@@H]2CCSC[C@H]2C[C@H](n3ccc(=O)[nH]c3=O)O[C@@H]2CCOS(C)(=O)=O)(c2ccccc2)c2ccc(OC)cc2)cc1. The Kier molecular flexibility index (Phi) is 23.6. The molecule has 4 aliphatic rings. The van der Waals surface area contributed by atoms with Crippen LogP contribution in [0.4, 0.5) is 0 Å².